The molecule has 108 valence electrons. The molecule has 1 atom stereocenters. The Balaban J connectivity index is 2.97. The topological polar surface area (TPSA) is 75.8 Å². The molecule has 0 radical (unpaired) electrons. The van der Waals surface area contributed by atoms with Gasteiger partial charge >= 0.3 is 5.69 Å². The summed E-state index contributed by atoms with van der Waals surface area (Å²) in [6.07, 6.45) is -0.692. The van der Waals surface area contributed by atoms with Gasteiger partial charge in [-0.1, -0.05) is 0 Å². The average molecular weight is 288 g/mol. The Bertz CT molecular complexity index is 420. The van der Waals surface area contributed by atoms with Crippen LogP contribution in [0.4, 0.5) is 10.7 Å². The minimum atomic E-state index is -0.692. The summed E-state index contributed by atoms with van der Waals surface area (Å²) in [5.41, 5.74) is 0.0549. The van der Waals surface area contributed by atoms with Crippen LogP contribution >= 0.6 is 11.3 Å². The first-order valence-corrected chi connectivity index (χ1v) is 7.11. The molecule has 7 heteroatoms. The molecule has 0 saturated carbocycles. The van der Waals surface area contributed by atoms with Gasteiger partial charge in [-0.3, -0.25) is 10.1 Å². The second kappa shape index (κ2) is 7.42. The fourth-order valence-electron chi connectivity index (χ4n) is 1.68. The van der Waals surface area contributed by atoms with Gasteiger partial charge in [-0.25, -0.2) is 0 Å². The van der Waals surface area contributed by atoms with Crippen molar-refractivity contribution in [3.8, 4) is 0 Å². The van der Waals surface area contributed by atoms with Gasteiger partial charge in [0, 0.05) is 30.6 Å². The van der Waals surface area contributed by atoms with Crippen LogP contribution in [0.2, 0.25) is 0 Å². The summed E-state index contributed by atoms with van der Waals surface area (Å²) >= 11 is 1.27. The maximum absolute atomic E-state index is 11.1. The van der Waals surface area contributed by atoms with Gasteiger partial charge in [0.15, 0.2) is 5.00 Å². The molecule has 0 aliphatic carbocycles. The van der Waals surface area contributed by atoms with Gasteiger partial charge in [0.1, 0.15) is 0 Å². The normalized spacial score (nSPS) is 12.4. The summed E-state index contributed by atoms with van der Waals surface area (Å²) in [7, 11) is 0. The van der Waals surface area contributed by atoms with Crippen molar-refractivity contribution in [2.24, 2.45) is 0 Å². The Morgan fingerprint density at radius 1 is 1.58 bits per heavy atom. The minimum Gasteiger partial charge on any atom is -0.388 e. The van der Waals surface area contributed by atoms with Crippen molar-refractivity contribution in [1.82, 2.24) is 0 Å². The second-order valence-electron chi connectivity index (χ2n) is 4.05. The predicted molar refractivity (Wildman–Crippen MR) is 76.0 cm³/mol. The summed E-state index contributed by atoms with van der Waals surface area (Å²) in [6, 6.07) is 1.45. The Morgan fingerprint density at radius 3 is 2.74 bits per heavy atom. The minimum absolute atomic E-state index is 0.0549. The predicted octanol–water partition coefficient (Wildman–Crippen LogP) is 2.57. The van der Waals surface area contributed by atoms with E-state index in [1.54, 1.807) is 6.92 Å². The third-order valence-electron chi connectivity index (χ3n) is 2.70. The lowest BCUT2D eigenvalue weighted by Gasteiger charge is -2.20. The van der Waals surface area contributed by atoms with E-state index in [0.717, 1.165) is 0 Å². The fourth-order valence-corrected chi connectivity index (χ4v) is 2.83. The number of likely N-dealkylation sites (N-methyl/N-ethyl adjacent to an activating group) is 1. The number of hydrogen-bond donors (Lipinski definition) is 1. The van der Waals surface area contributed by atoms with Gasteiger partial charge in [-0.15, -0.1) is 11.3 Å². The van der Waals surface area contributed by atoms with E-state index in [1.807, 2.05) is 18.7 Å². The lowest BCUT2D eigenvalue weighted by atomic mass is 10.3. The number of nitro groups is 1. The second-order valence-corrected chi connectivity index (χ2v) is 5.11. The van der Waals surface area contributed by atoms with Crippen molar-refractivity contribution in [3.63, 3.8) is 0 Å². The smallest absolute Gasteiger partial charge is 0.304 e. The van der Waals surface area contributed by atoms with Crippen molar-refractivity contribution >= 4 is 22.0 Å². The highest BCUT2D eigenvalue weighted by molar-refractivity contribution is 7.16. The molecule has 1 aromatic rings. The average Bonchev–Trinajstić information content (AvgIpc) is 2.80. The van der Waals surface area contributed by atoms with E-state index in [2.05, 4.69) is 0 Å². The monoisotopic (exact) mass is 288 g/mol. The first-order valence-electron chi connectivity index (χ1n) is 6.30. The van der Waals surface area contributed by atoms with Crippen molar-refractivity contribution in [2.45, 2.75) is 26.9 Å². The highest BCUT2D eigenvalue weighted by Gasteiger charge is 2.24. The van der Waals surface area contributed by atoms with E-state index in [1.165, 1.54) is 17.4 Å². The van der Waals surface area contributed by atoms with Crippen LogP contribution in [-0.4, -0.2) is 36.3 Å². The molecular weight excluding hydrogens is 268 g/mol. The van der Waals surface area contributed by atoms with Crippen LogP contribution in [0.3, 0.4) is 0 Å². The van der Waals surface area contributed by atoms with E-state index in [4.69, 9.17) is 4.74 Å². The number of thiophene rings is 1. The zero-order valence-electron chi connectivity index (χ0n) is 11.5. The van der Waals surface area contributed by atoms with Gasteiger partial charge in [0.05, 0.1) is 17.6 Å². The van der Waals surface area contributed by atoms with Crippen LogP contribution < -0.4 is 4.90 Å². The van der Waals surface area contributed by atoms with E-state index >= 15 is 0 Å². The zero-order chi connectivity index (χ0) is 14.4. The van der Waals surface area contributed by atoms with Gasteiger partial charge in [-0.2, -0.15) is 0 Å². The molecule has 0 aliphatic rings. The van der Waals surface area contributed by atoms with E-state index in [0.29, 0.717) is 36.2 Å². The van der Waals surface area contributed by atoms with Gasteiger partial charge in [-0.05, 0) is 20.8 Å². The van der Waals surface area contributed by atoms with Crippen LogP contribution in [0.25, 0.3) is 0 Å². The number of ether oxygens (including phenoxy) is 1. The maximum Gasteiger partial charge on any atom is 0.304 e. The summed E-state index contributed by atoms with van der Waals surface area (Å²) < 4.78 is 5.29. The number of anilines is 1. The van der Waals surface area contributed by atoms with E-state index in [-0.39, 0.29) is 5.69 Å². The van der Waals surface area contributed by atoms with Gasteiger partial charge in [0.2, 0.25) is 0 Å². The Hall–Kier alpha value is -1.18. The number of aliphatic hydroxyl groups excluding tert-OH is 1. The van der Waals surface area contributed by atoms with Crippen LogP contribution in [0.1, 0.15) is 31.8 Å². The van der Waals surface area contributed by atoms with Crippen molar-refractivity contribution < 1.29 is 14.8 Å². The molecule has 0 amide bonds. The van der Waals surface area contributed by atoms with Crippen LogP contribution in [-0.2, 0) is 4.74 Å². The largest absolute Gasteiger partial charge is 0.388 e. The lowest BCUT2D eigenvalue weighted by molar-refractivity contribution is -0.383. The van der Waals surface area contributed by atoms with Crippen LogP contribution in [0, 0.1) is 10.1 Å². The SMILES string of the molecule is CCOCCN(CC)c1sc([C@H](C)O)cc1[N+](=O)[O-]. The molecule has 0 spiro atoms. The molecule has 0 fully saturated rings. The molecule has 1 rings (SSSR count). The molecule has 19 heavy (non-hydrogen) atoms. The Labute approximate surface area is 116 Å². The third-order valence-corrected chi connectivity index (χ3v) is 4.06. The van der Waals surface area contributed by atoms with Crippen LogP contribution in [0.15, 0.2) is 6.07 Å². The first-order chi connectivity index (χ1) is 9.01. The molecule has 0 bridgehead atoms. The van der Waals surface area contributed by atoms with Crippen molar-refractivity contribution in [1.29, 1.82) is 0 Å². The molecule has 0 unspecified atom stereocenters. The fraction of sp³-hybridized carbons (Fsp3) is 0.667. The number of hydrogen-bond acceptors (Lipinski definition) is 6. The van der Waals surface area contributed by atoms with Gasteiger partial charge < -0.3 is 14.7 Å². The molecule has 0 aliphatic heterocycles. The number of rotatable bonds is 8. The summed E-state index contributed by atoms with van der Waals surface area (Å²) in [6.45, 7) is 7.88. The standard InChI is InChI=1S/C12H20N2O4S/c1-4-13(6-7-18-5-2)12-10(14(16)17)8-11(19-12)9(3)15/h8-9,15H,4-7H2,1-3H3/t9-/m0/s1. The molecule has 0 saturated heterocycles. The summed E-state index contributed by atoms with van der Waals surface area (Å²) in [5, 5.41) is 21.2. The third kappa shape index (κ3) is 4.15. The molecular formula is C12H20N2O4S. The first kappa shape index (κ1) is 15.9. The number of nitrogens with zero attached hydrogens (tertiary/aromatic N) is 2. The molecule has 1 N–H and O–H groups in total. The Kier molecular flexibility index (Phi) is 6.20. The highest BCUT2D eigenvalue weighted by Crippen LogP contribution is 2.39. The lowest BCUT2D eigenvalue weighted by Crippen LogP contribution is -2.26. The quantitative estimate of drug-likeness (QED) is 0.452. The molecule has 0 aromatic carbocycles. The van der Waals surface area contributed by atoms with E-state index < -0.39 is 11.0 Å². The zero-order valence-corrected chi connectivity index (χ0v) is 12.3. The maximum atomic E-state index is 11.1. The van der Waals surface area contributed by atoms with Crippen LogP contribution in [0.5, 0.6) is 0 Å². The van der Waals surface area contributed by atoms with E-state index in [9.17, 15) is 15.2 Å². The molecule has 1 heterocycles. The highest BCUT2D eigenvalue weighted by atomic mass is 32.1. The van der Waals surface area contributed by atoms with Crippen molar-refractivity contribution in [3.05, 3.63) is 21.1 Å². The Morgan fingerprint density at radius 2 is 2.26 bits per heavy atom. The summed E-state index contributed by atoms with van der Waals surface area (Å²) in [5.74, 6) is 0. The van der Waals surface area contributed by atoms with Crippen molar-refractivity contribution in [2.75, 3.05) is 31.2 Å². The summed E-state index contributed by atoms with van der Waals surface area (Å²) in [4.78, 5) is 13.2. The number of aliphatic hydroxyl groups is 1. The van der Waals surface area contributed by atoms with Gasteiger partial charge in [0.25, 0.3) is 0 Å². The molecule has 1 aromatic heterocycles. The molecule has 6 nitrogen and oxygen atoms in total.